The van der Waals surface area contributed by atoms with Gasteiger partial charge in [0.25, 0.3) is 0 Å². The van der Waals surface area contributed by atoms with Gasteiger partial charge in [-0.15, -0.1) is 0 Å². The number of nitrogens with zero attached hydrogens (tertiary/aromatic N) is 2. The fourth-order valence-corrected chi connectivity index (χ4v) is 4.21. The van der Waals surface area contributed by atoms with Crippen molar-refractivity contribution in [3.63, 3.8) is 0 Å². The molecule has 0 aliphatic rings. The van der Waals surface area contributed by atoms with Gasteiger partial charge in [0.05, 0.1) is 9.92 Å². The Bertz CT molecular complexity index is 875. The highest BCUT2D eigenvalue weighted by Gasteiger charge is 2.24. The Morgan fingerprint density at radius 1 is 1.11 bits per heavy atom. The van der Waals surface area contributed by atoms with Crippen molar-refractivity contribution in [3.05, 3.63) is 53.1 Å². The summed E-state index contributed by atoms with van der Waals surface area (Å²) in [4.78, 5) is 1.87. The van der Waals surface area contributed by atoms with E-state index in [2.05, 4.69) is 4.74 Å². The van der Waals surface area contributed by atoms with Crippen LogP contribution < -0.4 is 9.64 Å². The van der Waals surface area contributed by atoms with Crippen LogP contribution in [0.25, 0.3) is 0 Å². The largest absolute Gasteiger partial charge is 0.433 e. The molecule has 0 N–H and O–H groups in total. The van der Waals surface area contributed by atoms with E-state index in [4.69, 9.17) is 11.6 Å². The normalized spacial score (nSPS) is 11.9. The molecule has 0 fully saturated rings. The molecule has 0 unspecified atom stereocenters. The van der Waals surface area contributed by atoms with Gasteiger partial charge in [-0.25, -0.2) is 8.42 Å². The van der Waals surface area contributed by atoms with Gasteiger partial charge in [-0.3, -0.25) is 0 Å². The van der Waals surface area contributed by atoms with E-state index in [0.717, 1.165) is 23.4 Å². The number of hydrogen-bond donors (Lipinski definition) is 0. The first-order valence-corrected chi connectivity index (χ1v) is 9.97. The average Bonchev–Trinajstić information content (AvgIpc) is 2.61. The zero-order valence-corrected chi connectivity index (χ0v) is 16.8. The molecule has 0 aliphatic carbocycles. The highest BCUT2D eigenvalue weighted by molar-refractivity contribution is 7.89. The molecule has 0 aromatic heterocycles. The van der Waals surface area contributed by atoms with E-state index < -0.39 is 16.6 Å². The Morgan fingerprint density at radius 2 is 1.74 bits per heavy atom. The van der Waals surface area contributed by atoms with Crippen molar-refractivity contribution in [2.45, 2.75) is 25.0 Å². The summed E-state index contributed by atoms with van der Waals surface area (Å²) < 4.78 is 56.0. The van der Waals surface area contributed by atoms with Crippen molar-refractivity contribution in [2.24, 2.45) is 0 Å². The molecule has 0 bridgehead atoms. The van der Waals surface area contributed by atoms with Crippen molar-refractivity contribution in [3.8, 4) is 5.75 Å². The zero-order valence-electron chi connectivity index (χ0n) is 15.2. The van der Waals surface area contributed by atoms with E-state index in [0.29, 0.717) is 0 Å². The molecular formula is C18H21ClF2N2O3S. The number of rotatable bonds is 8. The van der Waals surface area contributed by atoms with Gasteiger partial charge < -0.3 is 9.64 Å². The number of benzene rings is 2. The summed E-state index contributed by atoms with van der Waals surface area (Å²) in [6.45, 7) is -0.895. The maximum absolute atomic E-state index is 12.9. The Balaban J connectivity index is 2.25. The van der Waals surface area contributed by atoms with Crippen LogP contribution in [-0.4, -0.2) is 40.0 Å². The van der Waals surface area contributed by atoms with Crippen molar-refractivity contribution in [2.75, 3.05) is 25.5 Å². The molecule has 2 rings (SSSR count). The number of anilines is 1. The van der Waals surface area contributed by atoms with Gasteiger partial charge in [-0.2, -0.15) is 13.1 Å². The van der Waals surface area contributed by atoms with Crippen LogP contribution in [0, 0.1) is 0 Å². The summed E-state index contributed by atoms with van der Waals surface area (Å²) in [5.74, 6) is -0.270. The third-order valence-corrected chi connectivity index (χ3v) is 6.13. The molecule has 0 spiro atoms. The molecule has 148 valence electrons. The summed E-state index contributed by atoms with van der Waals surface area (Å²) in [7, 11) is -0.00888. The zero-order chi connectivity index (χ0) is 20.2. The van der Waals surface area contributed by atoms with Crippen LogP contribution in [0.4, 0.5) is 14.5 Å². The number of halogens is 3. The number of sulfonamides is 1. The van der Waals surface area contributed by atoms with Crippen LogP contribution in [-0.2, 0) is 16.6 Å². The third-order valence-electron chi connectivity index (χ3n) is 3.92. The monoisotopic (exact) mass is 418 g/mol. The lowest BCUT2D eigenvalue weighted by molar-refractivity contribution is -0.0498. The van der Waals surface area contributed by atoms with Crippen LogP contribution in [0.5, 0.6) is 5.75 Å². The predicted octanol–water partition coefficient (Wildman–Crippen LogP) is 4.22. The van der Waals surface area contributed by atoms with E-state index >= 15 is 0 Å². The molecule has 9 heteroatoms. The lowest BCUT2D eigenvalue weighted by Gasteiger charge is -2.21. The lowest BCUT2D eigenvalue weighted by atomic mass is 10.2. The first-order valence-electron chi connectivity index (χ1n) is 8.16. The summed E-state index contributed by atoms with van der Waals surface area (Å²) in [6.07, 6.45) is 0. The van der Waals surface area contributed by atoms with Gasteiger partial charge in [0, 0.05) is 32.9 Å². The average molecular weight is 419 g/mol. The molecular weight excluding hydrogens is 398 g/mol. The Morgan fingerprint density at radius 3 is 2.22 bits per heavy atom. The topological polar surface area (TPSA) is 49.9 Å². The van der Waals surface area contributed by atoms with Gasteiger partial charge in [0.1, 0.15) is 5.75 Å². The summed E-state index contributed by atoms with van der Waals surface area (Å²) in [6, 6.07) is 11.0. The van der Waals surface area contributed by atoms with Gasteiger partial charge in [-0.1, -0.05) is 30.7 Å². The van der Waals surface area contributed by atoms with Crippen molar-refractivity contribution < 1.29 is 21.9 Å². The lowest BCUT2D eigenvalue weighted by Crippen LogP contribution is -2.30. The Labute approximate surface area is 163 Å². The van der Waals surface area contributed by atoms with Gasteiger partial charge in [0.2, 0.25) is 10.0 Å². The van der Waals surface area contributed by atoms with Gasteiger partial charge in [0.15, 0.2) is 0 Å². The van der Waals surface area contributed by atoms with Gasteiger partial charge >= 0.3 is 6.61 Å². The molecule has 27 heavy (non-hydrogen) atoms. The smallest absolute Gasteiger partial charge is 0.387 e. The predicted molar refractivity (Wildman–Crippen MR) is 102 cm³/mol. The number of alkyl halides is 2. The molecule has 2 aromatic rings. The first-order chi connectivity index (χ1) is 12.6. The van der Waals surface area contributed by atoms with E-state index in [1.165, 1.54) is 10.4 Å². The third kappa shape index (κ3) is 5.31. The summed E-state index contributed by atoms with van der Waals surface area (Å²) in [5.41, 5.74) is 1.83. The fraction of sp³-hybridized carbons (Fsp3) is 0.333. The Kier molecular flexibility index (Phi) is 7.02. The minimum atomic E-state index is -3.85. The second-order valence-electron chi connectivity index (χ2n) is 5.96. The van der Waals surface area contributed by atoms with E-state index in [9.17, 15) is 17.2 Å². The second kappa shape index (κ2) is 8.86. The van der Waals surface area contributed by atoms with Crippen LogP contribution in [0.15, 0.2) is 47.4 Å². The van der Waals surface area contributed by atoms with E-state index in [1.807, 2.05) is 43.3 Å². The van der Waals surface area contributed by atoms with Gasteiger partial charge in [-0.05, 0) is 35.9 Å². The van der Waals surface area contributed by atoms with Crippen LogP contribution in [0.2, 0.25) is 5.02 Å². The van der Waals surface area contributed by atoms with Crippen molar-refractivity contribution in [1.29, 1.82) is 0 Å². The summed E-state index contributed by atoms with van der Waals surface area (Å²) >= 11 is 5.89. The Hall–Kier alpha value is -1.90. The van der Waals surface area contributed by atoms with Crippen LogP contribution in [0.3, 0.4) is 0 Å². The molecule has 0 amide bonds. The highest BCUT2D eigenvalue weighted by atomic mass is 35.5. The van der Waals surface area contributed by atoms with Crippen LogP contribution in [0.1, 0.15) is 12.5 Å². The number of hydrogen-bond acceptors (Lipinski definition) is 4. The molecule has 0 atom stereocenters. The molecule has 2 aromatic carbocycles. The van der Waals surface area contributed by atoms with Crippen molar-refractivity contribution >= 4 is 27.3 Å². The molecule has 0 radical (unpaired) electrons. The van der Waals surface area contributed by atoms with Crippen molar-refractivity contribution in [1.82, 2.24) is 4.31 Å². The molecule has 0 heterocycles. The fourth-order valence-electron chi connectivity index (χ4n) is 2.45. The minimum absolute atomic E-state index is 0.0825. The molecule has 0 saturated heterocycles. The SMILES string of the molecule is CCN(Cc1ccc(N(C)C)cc1)S(=O)(=O)c1ccc(OC(F)F)c(Cl)c1. The molecule has 0 aliphatic heterocycles. The van der Waals surface area contributed by atoms with E-state index in [1.54, 1.807) is 6.92 Å². The summed E-state index contributed by atoms with van der Waals surface area (Å²) in [5, 5.41) is -0.192. The van der Waals surface area contributed by atoms with Crippen LogP contribution >= 0.6 is 11.6 Å². The maximum Gasteiger partial charge on any atom is 0.387 e. The first kappa shape index (κ1) is 21.4. The second-order valence-corrected chi connectivity index (χ2v) is 8.31. The standard InChI is InChI=1S/C18H21ClF2N2O3S/c1-4-23(12-13-5-7-14(8-6-13)22(2)3)27(24,25)15-9-10-17(16(19)11-15)26-18(20)21/h5-11,18H,4,12H2,1-3H3. The molecule has 0 saturated carbocycles. The van der Waals surface area contributed by atoms with E-state index in [-0.39, 0.29) is 28.8 Å². The highest BCUT2D eigenvalue weighted by Crippen LogP contribution is 2.30. The number of ether oxygens (including phenoxy) is 1. The maximum atomic E-state index is 12.9. The quantitative estimate of drug-likeness (QED) is 0.644. The minimum Gasteiger partial charge on any atom is -0.433 e. The molecule has 5 nitrogen and oxygen atoms in total.